The lowest BCUT2D eigenvalue weighted by molar-refractivity contribution is -0.115. The minimum Gasteiger partial charge on any atom is -0.323 e. The van der Waals surface area contributed by atoms with E-state index in [0.29, 0.717) is 17.5 Å². The number of rotatable bonds is 6. The SMILES string of the molecule is CCn1c(S[C@@H](C)C(=O)Nc2ccc(F)c(F)c2F)nnc1-c1ccccc1. The Bertz CT molecular complexity index is 994. The van der Waals surface area contributed by atoms with Crippen molar-refractivity contribution in [3.8, 4) is 11.4 Å². The Morgan fingerprint density at radius 3 is 2.50 bits per heavy atom. The largest absolute Gasteiger partial charge is 0.323 e. The molecule has 3 aromatic rings. The number of amides is 1. The molecular weight excluding hydrogens is 389 g/mol. The first-order valence-electron chi connectivity index (χ1n) is 8.52. The van der Waals surface area contributed by atoms with Gasteiger partial charge < -0.3 is 9.88 Å². The van der Waals surface area contributed by atoms with Gasteiger partial charge in [-0.1, -0.05) is 42.1 Å². The predicted octanol–water partition coefficient (Wildman–Crippen LogP) is 4.50. The average Bonchev–Trinajstić information content (AvgIpc) is 3.11. The van der Waals surface area contributed by atoms with Gasteiger partial charge in [-0.2, -0.15) is 0 Å². The lowest BCUT2D eigenvalue weighted by Crippen LogP contribution is -2.23. The van der Waals surface area contributed by atoms with E-state index in [-0.39, 0.29) is 0 Å². The number of carbonyl (C=O) groups excluding carboxylic acids is 1. The van der Waals surface area contributed by atoms with Crippen LogP contribution in [0.15, 0.2) is 47.6 Å². The van der Waals surface area contributed by atoms with E-state index in [2.05, 4.69) is 15.5 Å². The summed E-state index contributed by atoms with van der Waals surface area (Å²) < 4.78 is 42.0. The third kappa shape index (κ3) is 4.04. The molecule has 1 N–H and O–H groups in total. The molecule has 0 spiro atoms. The summed E-state index contributed by atoms with van der Waals surface area (Å²) in [5.41, 5.74) is 0.475. The van der Waals surface area contributed by atoms with Crippen molar-refractivity contribution in [3.05, 3.63) is 59.9 Å². The normalized spacial score (nSPS) is 12.0. The smallest absolute Gasteiger partial charge is 0.237 e. The number of hydrogen-bond donors (Lipinski definition) is 1. The summed E-state index contributed by atoms with van der Waals surface area (Å²) in [7, 11) is 0. The summed E-state index contributed by atoms with van der Waals surface area (Å²) in [5, 5.41) is 10.5. The molecule has 5 nitrogen and oxygen atoms in total. The van der Waals surface area contributed by atoms with Crippen molar-refractivity contribution >= 4 is 23.4 Å². The lowest BCUT2D eigenvalue weighted by atomic mass is 10.2. The molecule has 0 bridgehead atoms. The van der Waals surface area contributed by atoms with Crippen molar-refractivity contribution in [2.24, 2.45) is 0 Å². The van der Waals surface area contributed by atoms with E-state index in [1.807, 2.05) is 41.8 Å². The maximum atomic E-state index is 13.8. The van der Waals surface area contributed by atoms with E-state index in [4.69, 9.17) is 0 Å². The van der Waals surface area contributed by atoms with Crippen LogP contribution in [-0.2, 0) is 11.3 Å². The van der Waals surface area contributed by atoms with Gasteiger partial charge in [0.15, 0.2) is 28.4 Å². The van der Waals surface area contributed by atoms with Gasteiger partial charge in [0.1, 0.15) is 0 Å². The molecule has 0 aliphatic rings. The average molecular weight is 406 g/mol. The highest BCUT2D eigenvalue weighted by molar-refractivity contribution is 8.00. The van der Waals surface area contributed by atoms with E-state index in [9.17, 15) is 18.0 Å². The highest BCUT2D eigenvalue weighted by atomic mass is 32.2. The zero-order valence-electron chi connectivity index (χ0n) is 15.1. The molecule has 1 amide bonds. The summed E-state index contributed by atoms with van der Waals surface area (Å²) >= 11 is 1.14. The predicted molar refractivity (Wildman–Crippen MR) is 101 cm³/mol. The summed E-state index contributed by atoms with van der Waals surface area (Å²) in [4.78, 5) is 12.4. The Morgan fingerprint density at radius 1 is 1.11 bits per heavy atom. The zero-order valence-corrected chi connectivity index (χ0v) is 15.9. The van der Waals surface area contributed by atoms with E-state index >= 15 is 0 Å². The van der Waals surface area contributed by atoms with Gasteiger partial charge in [0.25, 0.3) is 0 Å². The molecule has 0 saturated heterocycles. The Morgan fingerprint density at radius 2 is 1.82 bits per heavy atom. The molecule has 9 heteroatoms. The molecule has 0 saturated carbocycles. The van der Waals surface area contributed by atoms with Gasteiger partial charge in [-0.3, -0.25) is 4.79 Å². The summed E-state index contributed by atoms with van der Waals surface area (Å²) in [6.45, 7) is 4.13. The Hall–Kier alpha value is -2.81. The van der Waals surface area contributed by atoms with Crippen LogP contribution in [0.5, 0.6) is 0 Å². The number of halogens is 3. The Balaban J connectivity index is 1.76. The maximum absolute atomic E-state index is 13.8. The number of thioether (sulfide) groups is 1. The van der Waals surface area contributed by atoms with Crippen molar-refractivity contribution < 1.29 is 18.0 Å². The number of nitrogens with zero attached hydrogens (tertiary/aromatic N) is 3. The third-order valence-corrected chi connectivity index (χ3v) is 5.09. The number of nitrogens with one attached hydrogen (secondary N) is 1. The van der Waals surface area contributed by atoms with Crippen LogP contribution in [0.25, 0.3) is 11.4 Å². The fourth-order valence-electron chi connectivity index (χ4n) is 2.53. The second-order valence-corrected chi connectivity index (χ2v) is 7.20. The molecule has 0 aliphatic heterocycles. The first-order valence-corrected chi connectivity index (χ1v) is 9.40. The van der Waals surface area contributed by atoms with Crippen LogP contribution in [0.3, 0.4) is 0 Å². The van der Waals surface area contributed by atoms with Gasteiger partial charge in [-0.25, -0.2) is 13.2 Å². The van der Waals surface area contributed by atoms with Crippen LogP contribution in [0, 0.1) is 17.5 Å². The molecule has 2 aromatic carbocycles. The summed E-state index contributed by atoms with van der Waals surface area (Å²) in [6, 6.07) is 11.2. The highest BCUT2D eigenvalue weighted by Crippen LogP contribution is 2.28. The van der Waals surface area contributed by atoms with Crippen molar-refractivity contribution in [1.29, 1.82) is 0 Å². The van der Waals surface area contributed by atoms with Crippen molar-refractivity contribution in [2.45, 2.75) is 30.8 Å². The first kappa shape index (κ1) is 19.9. The molecule has 0 unspecified atom stereocenters. The quantitative estimate of drug-likeness (QED) is 0.484. The van der Waals surface area contributed by atoms with Crippen LogP contribution in [0.4, 0.5) is 18.9 Å². The Labute approximate surface area is 164 Å². The third-order valence-electron chi connectivity index (χ3n) is 4.01. The van der Waals surface area contributed by atoms with Gasteiger partial charge >= 0.3 is 0 Å². The lowest BCUT2D eigenvalue weighted by Gasteiger charge is -2.13. The zero-order chi connectivity index (χ0) is 20.3. The van der Waals surface area contributed by atoms with Crippen LogP contribution in [-0.4, -0.2) is 25.9 Å². The monoisotopic (exact) mass is 406 g/mol. The fraction of sp³-hybridized carbons (Fsp3) is 0.211. The fourth-order valence-corrected chi connectivity index (χ4v) is 3.44. The molecule has 28 heavy (non-hydrogen) atoms. The molecule has 0 radical (unpaired) electrons. The molecule has 1 atom stereocenters. The Kier molecular flexibility index (Phi) is 6.03. The van der Waals surface area contributed by atoms with Crippen LogP contribution < -0.4 is 5.32 Å². The van der Waals surface area contributed by atoms with Crippen molar-refractivity contribution in [1.82, 2.24) is 14.8 Å². The van der Waals surface area contributed by atoms with Crippen LogP contribution in [0.2, 0.25) is 0 Å². The van der Waals surface area contributed by atoms with Crippen LogP contribution >= 0.6 is 11.8 Å². The molecule has 0 fully saturated rings. The maximum Gasteiger partial charge on any atom is 0.237 e. The summed E-state index contributed by atoms with van der Waals surface area (Å²) in [6.07, 6.45) is 0. The van der Waals surface area contributed by atoms with Crippen LogP contribution in [0.1, 0.15) is 13.8 Å². The van der Waals surface area contributed by atoms with E-state index < -0.39 is 34.3 Å². The van der Waals surface area contributed by atoms with E-state index in [1.54, 1.807) is 6.92 Å². The van der Waals surface area contributed by atoms with Gasteiger partial charge in [-0.15, -0.1) is 10.2 Å². The van der Waals surface area contributed by atoms with E-state index in [0.717, 1.165) is 29.5 Å². The second-order valence-electron chi connectivity index (χ2n) is 5.89. The van der Waals surface area contributed by atoms with Gasteiger partial charge in [-0.05, 0) is 26.0 Å². The standard InChI is InChI=1S/C19H17F3N4OS/c1-3-26-17(12-7-5-4-6-8-12)24-25-19(26)28-11(2)18(27)23-14-10-9-13(20)15(21)16(14)22/h4-11H,3H2,1-2H3,(H,23,27)/t11-/m0/s1. The van der Waals surface area contributed by atoms with Gasteiger partial charge in [0.05, 0.1) is 10.9 Å². The molecule has 0 aliphatic carbocycles. The minimum atomic E-state index is -1.63. The number of carbonyl (C=O) groups is 1. The van der Waals surface area contributed by atoms with Gasteiger partial charge in [0, 0.05) is 12.1 Å². The second kappa shape index (κ2) is 8.47. The topological polar surface area (TPSA) is 59.8 Å². The van der Waals surface area contributed by atoms with Gasteiger partial charge in [0.2, 0.25) is 5.91 Å². The van der Waals surface area contributed by atoms with Crippen molar-refractivity contribution in [2.75, 3.05) is 5.32 Å². The summed E-state index contributed by atoms with van der Waals surface area (Å²) in [5.74, 6) is -4.28. The molecule has 1 heterocycles. The first-order chi connectivity index (χ1) is 13.4. The minimum absolute atomic E-state index is 0.418. The molecular formula is C19H17F3N4OS. The van der Waals surface area contributed by atoms with Crippen molar-refractivity contribution in [3.63, 3.8) is 0 Å². The number of hydrogen-bond acceptors (Lipinski definition) is 4. The molecule has 1 aromatic heterocycles. The number of aromatic nitrogens is 3. The van der Waals surface area contributed by atoms with E-state index in [1.165, 1.54) is 0 Å². The number of anilines is 1. The molecule has 3 rings (SSSR count). The molecule has 146 valence electrons. The highest BCUT2D eigenvalue weighted by Gasteiger charge is 2.22. The number of benzene rings is 2.